The lowest BCUT2D eigenvalue weighted by molar-refractivity contribution is 1.22. The van der Waals surface area contributed by atoms with E-state index in [9.17, 15) is 5.26 Å². The van der Waals surface area contributed by atoms with E-state index in [1.165, 1.54) is 0 Å². The van der Waals surface area contributed by atoms with E-state index in [1.54, 1.807) is 0 Å². The number of hydrogen-bond acceptors (Lipinski definition) is 8. The van der Waals surface area contributed by atoms with Crippen molar-refractivity contribution in [1.82, 2.24) is 4.98 Å². The molecule has 0 atom stereocenters. The molecule has 0 bridgehead atoms. The normalized spacial score (nSPS) is 10.4. The van der Waals surface area contributed by atoms with Gasteiger partial charge < -0.3 is 21.3 Å². The van der Waals surface area contributed by atoms with Crippen LogP contribution < -0.4 is 16.4 Å². The van der Waals surface area contributed by atoms with Gasteiger partial charge in [-0.3, -0.25) is 0 Å². The number of anilines is 5. The first-order valence-electron chi connectivity index (χ1n) is 9.22. The summed E-state index contributed by atoms with van der Waals surface area (Å²) in [7, 11) is 0.0780. The number of benzene rings is 2. The van der Waals surface area contributed by atoms with E-state index in [4.69, 9.17) is 5.73 Å². The minimum Gasteiger partial charge on any atom is -0.396 e. The molecule has 3 aromatic rings. The molecule has 0 spiro atoms. The molecule has 0 unspecified atom stereocenters. The van der Waals surface area contributed by atoms with Gasteiger partial charge in [0.15, 0.2) is 17.3 Å². The van der Waals surface area contributed by atoms with Crippen molar-refractivity contribution in [3.05, 3.63) is 65.2 Å². The number of nitrogens with one attached hydrogen (secondary N) is 2. The van der Waals surface area contributed by atoms with Crippen LogP contribution in [0.1, 0.15) is 16.7 Å². The zero-order valence-corrected chi connectivity index (χ0v) is 16.8. The highest BCUT2D eigenvalue weighted by Crippen LogP contribution is 2.38. The second kappa shape index (κ2) is 9.34. The molecule has 1 heterocycles. The molecule has 148 valence electrons. The van der Waals surface area contributed by atoms with Crippen LogP contribution in [0.4, 0.5) is 34.4 Å². The Bertz CT molecular complexity index is 1120. The van der Waals surface area contributed by atoms with Gasteiger partial charge in [0.2, 0.25) is 0 Å². The number of pyridine rings is 1. The maximum Gasteiger partial charge on any atom is 0.420 e. The number of rotatable bonds is 7. The lowest BCUT2D eigenvalue weighted by Gasteiger charge is -2.15. The van der Waals surface area contributed by atoms with Gasteiger partial charge in [-0.1, -0.05) is 35.4 Å². The first-order chi connectivity index (χ1) is 14.5. The van der Waals surface area contributed by atoms with Crippen LogP contribution in [0, 0.1) is 25.2 Å². The molecule has 2 aromatic carbocycles. The fraction of sp³-hybridized carbons (Fsp3) is 0.0952. The average Bonchev–Trinajstić information content (AvgIpc) is 2.74. The smallest absolute Gasteiger partial charge is 0.396 e. The van der Waals surface area contributed by atoms with Gasteiger partial charge in [-0.05, 0) is 44.8 Å². The largest absolute Gasteiger partial charge is 0.420 e. The number of nitrogen functional groups attached to an aromatic ring is 1. The molecule has 0 amide bonds. The first-order valence-corrected chi connectivity index (χ1v) is 9.22. The average molecular weight is 396 g/mol. The van der Waals surface area contributed by atoms with Gasteiger partial charge in [0.25, 0.3) is 0 Å². The van der Waals surface area contributed by atoms with Gasteiger partial charge in [0.1, 0.15) is 11.6 Å². The Morgan fingerprint density at radius 1 is 0.967 bits per heavy atom. The summed E-state index contributed by atoms with van der Waals surface area (Å²) in [4.78, 5) is 8.25. The highest BCUT2D eigenvalue weighted by Gasteiger charge is 2.19. The van der Waals surface area contributed by atoms with Crippen LogP contribution >= 0.6 is 0 Å². The number of nitrogens with zero attached hydrogens (tertiary/aromatic N) is 5. The molecular weight excluding hydrogens is 375 g/mol. The highest BCUT2D eigenvalue weighted by molar-refractivity contribution is 6.31. The monoisotopic (exact) mass is 396 g/mol. The van der Waals surface area contributed by atoms with Gasteiger partial charge in [0, 0.05) is 11.4 Å². The number of aryl methyl sites for hydroxylation is 2. The van der Waals surface area contributed by atoms with Crippen LogP contribution in [-0.4, -0.2) is 19.3 Å². The van der Waals surface area contributed by atoms with Crippen molar-refractivity contribution >= 4 is 48.7 Å². The van der Waals surface area contributed by atoms with Gasteiger partial charge in [-0.2, -0.15) is 10.4 Å². The van der Waals surface area contributed by atoms with Gasteiger partial charge in [0.05, 0.1) is 5.69 Å². The maximum absolute atomic E-state index is 9.70. The Hall–Kier alpha value is -4.19. The summed E-state index contributed by atoms with van der Waals surface area (Å²) in [6, 6.07) is 17.7. The van der Waals surface area contributed by atoms with Crippen LogP contribution in [0.25, 0.3) is 0 Å². The van der Waals surface area contributed by atoms with Gasteiger partial charge in [-0.25, -0.2) is 10.0 Å². The van der Waals surface area contributed by atoms with E-state index in [1.807, 2.05) is 62.4 Å². The Morgan fingerprint density at radius 2 is 1.50 bits per heavy atom. The Morgan fingerprint density at radius 3 is 2.00 bits per heavy atom. The number of nitriles is 1. The van der Waals surface area contributed by atoms with Crippen LogP contribution in [-0.2, 0) is 0 Å². The van der Waals surface area contributed by atoms with E-state index in [0.717, 1.165) is 22.5 Å². The van der Waals surface area contributed by atoms with Crippen molar-refractivity contribution in [2.45, 2.75) is 13.8 Å². The highest BCUT2D eigenvalue weighted by atomic mass is 15.2. The van der Waals surface area contributed by atoms with E-state index < -0.39 is 0 Å². The Balaban J connectivity index is 2.09. The Kier molecular flexibility index (Phi) is 6.40. The first kappa shape index (κ1) is 20.5. The van der Waals surface area contributed by atoms with Crippen LogP contribution in [0.2, 0.25) is 0 Å². The standard InChI is InChI=1S/C21H21BN8/c1-13-4-8-15(9-5-13)26-20-17(12-23)18(24)19(29-30-22-25-3)21(28-20)27-16-10-6-14(2)7-11-16/h4-11,22H,3H2,1-2H3,(H4,24,26,27,28). The summed E-state index contributed by atoms with van der Waals surface area (Å²) >= 11 is 0. The molecule has 1 aromatic heterocycles. The molecule has 3 rings (SSSR count). The summed E-state index contributed by atoms with van der Waals surface area (Å²) in [6.45, 7) is 7.39. The molecule has 4 N–H and O–H groups in total. The van der Waals surface area contributed by atoms with Crippen LogP contribution in [0.3, 0.4) is 0 Å². The summed E-state index contributed by atoms with van der Waals surface area (Å²) in [5, 5.41) is 24.2. The molecule has 0 saturated carbocycles. The number of nitrogens with two attached hydrogens (primary N) is 1. The summed E-state index contributed by atoms with van der Waals surface area (Å²) in [5.41, 5.74) is 10.8. The second-order valence-corrected chi connectivity index (χ2v) is 6.65. The fourth-order valence-corrected chi connectivity index (χ4v) is 2.68. The van der Waals surface area contributed by atoms with Crippen LogP contribution in [0.15, 0.2) is 63.6 Å². The quantitative estimate of drug-likeness (QED) is 0.304. The molecule has 9 heteroatoms. The van der Waals surface area contributed by atoms with E-state index in [0.29, 0.717) is 11.6 Å². The van der Waals surface area contributed by atoms with Crippen molar-refractivity contribution < 1.29 is 0 Å². The number of hydrogen-bond donors (Lipinski definition) is 3. The topological polar surface area (TPSA) is 124 Å². The van der Waals surface area contributed by atoms with Crippen LogP contribution in [0.5, 0.6) is 0 Å². The van der Waals surface area contributed by atoms with Crippen molar-refractivity contribution in [2.24, 2.45) is 15.0 Å². The van der Waals surface area contributed by atoms with E-state index >= 15 is 0 Å². The maximum atomic E-state index is 9.70. The molecular formula is C21H21BN8. The zero-order chi connectivity index (χ0) is 21.5. The predicted molar refractivity (Wildman–Crippen MR) is 124 cm³/mol. The lowest BCUT2D eigenvalue weighted by atomic mass is 10.1. The number of aromatic nitrogens is 1. The minimum atomic E-state index is 0.0780. The Labute approximate surface area is 175 Å². The van der Waals surface area contributed by atoms with Gasteiger partial charge in [-0.15, -0.1) is 0 Å². The SMILES string of the molecule is C=NBN=Nc1c(Nc2ccc(C)cc2)nc(Nc2ccc(C)cc2)c(C#N)c1N. The molecule has 0 aliphatic carbocycles. The van der Waals surface area contributed by atoms with Crippen molar-refractivity contribution in [3.63, 3.8) is 0 Å². The summed E-state index contributed by atoms with van der Waals surface area (Å²) in [6.07, 6.45) is 0. The third kappa shape index (κ3) is 4.80. The molecule has 0 aliphatic heterocycles. The lowest BCUT2D eigenvalue weighted by Crippen LogP contribution is -2.05. The molecule has 0 saturated heterocycles. The second-order valence-electron chi connectivity index (χ2n) is 6.65. The third-order valence-corrected chi connectivity index (χ3v) is 4.28. The predicted octanol–water partition coefficient (Wildman–Crippen LogP) is 4.69. The molecule has 0 fully saturated rings. The molecule has 0 radical (unpaired) electrons. The minimum absolute atomic E-state index is 0.0780. The molecule has 30 heavy (non-hydrogen) atoms. The van der Waals surface area contributed by atoms with Crippen molar-refractivity contribution in [3.8, 4) is 6.07 Å². The summed E-state index contributed by atoms with van der Waals surface area (Å²) < 4.78 is 0. The van der Waals surface area contributed by atoms with Crippen molar-refractivity contribution in [2.75, 3.05) is 16.4 Å². The molecule has 8 nitrogen and oxygen atoms in total. The summed E-state index contributed by atoms with van der Waals surface area (Å²) in [5.74, 6) is 0.701. The fourth-order valence-electron chi connectivity index (χ4n) is 2.68. The zero-order valence-electron chi connectivity index (χ0n) is 16.8. The van der Waals surface area contributed by atoms with E-state index in [2.05, 4.69) is 43.4 Å². The molecule has 0 aliphatic rings. The van der Waals surface area contributed by atoms with E-state index in [-0.39, 0.29) is 24.5 Å². The third-order valence-electron chi connectivity index (χ3n) is 4.28. The van der Waals surface area contributed by atoms with Gasteiger partial charge >= 0.3 is 7.55 Å². The van der Waals surface area contributed by atoms with Crippen molar-refractivity contribution in [1.29, 1.82) is 5.26 Å².